The number of fused-ring (bicyclic) bond motifs is 1. The van der Waals surface area contributed by atoms with Gasteiger partial charge in [-0.2, -0.15) is 0 Å². The van der Waals surface area contributed by atoms with Crippen LogP contribution < -0.4 is 5.32 Å². The molecule has 3 nitrogen and oxygen atoms in total. The molecule has 1 atom stereocenters. The molecule has 3 heteroatoms. The Labute approximate surface area is 102 Å². The van der Waals surface area contributed by atoms with E-state index in [0.717, 1.165) is 30.4 Å². The SMILES string of the molecule is CNCC(O)c1c(O)cc(C)c2c1CCCC2. The van der Waals surface area contributed by atoms with Gasteiger partial charge in [0.1, 0.15) is 5.75 Å². The number of phenols is 1. The molecule has 0 saturated heterocycles. The van der Waals surface area contributed by atoms with Crippen LogP contribution in [0.25, 0.3) is 0 Å². The van der Waals surface area contributed by atoms with Crippen LogP contribution in [0.3, 0.4) is 0 Å². The van der Waals surface area contributed by atoms with Crippen molar-refractivity contribution in [3.05, 3.63) is 28.3 Å². The summed E-state index contributed by atoms with van der Waals surface area (Å²) in [5, 5.41) is 23.1. The van der Waals surface area contributed by atoms with Crippen molar-refractivity contribution in [3.63, 3.8) is 0 Å². The topological polar surface area (TPSA) is 52.5 Å². The van der Waals surface area contributed by atoms with Crippen molar-refractivity contribution in [1.82, 2.24) is 5.32 Å². The van der Waals surface area contributed by atoms with E-state index in [-0.39, 0.29) is 5.75 Å². The molecule has 1 aromatic rings. The molecule has 17 heavy (non-hydrogen) atoms. The first-order valence-electron chi connectivity index (χ1n) is 6.32. The fraction of sp³-hybridized carbons (Fsp3) is 0.571. The maximum atomic E-state index is 10.1. The Kier molecular flexibility index (Phi) is 3.69. The van der Waals surface area contributed by atoms with Crippen LogP contribution >= 0.6 is 0 Å². The fourth-order valence-electron chi connectivity index (χ4n) is 2.83. The van der Waals surface area contributed by atoms with Gasteiger partial charge in [0.25, 0.3) is 0 Å². The second-order valence-corrected chi connectivity index (χ2v) is 4.86. The summed E-state index contributed by atoms with van der Waals surface area (Å²) >= 11 is 0. The summed E-state index contributed by atoms with van der Waals surface area (Å²) in [6.07, 6.45) is 3.78. The van der Waals surface area contributed by atoms with Gasteiger partial charge in [-0.3, -0.25) is 0 Å². The maximum Gasteiger partial charge on any atom is 0.121 e. The molecular weight excluding hydrogens is 214 g/mol. The van der Waals surface area contributed by atoms with E-state index in [0.29, 0.717) is 6.54 Å². The summed E-state index contributed by atoms with van der Waals surface area (Å²) in [7, 11) is 1.81. The molecule has 0 fully saturated rings. The van der Waals surface area contributed by atoms with E-state index in [1.54, 1.807) is 13.1 Å². The van der Waals surface area contributed by atoms with Gasteiger partial charge in [-0.25, -0.2) is 0 Å². The van der Waals surface area contributed by atoms with Gasteiger partial charge < -0.3 is 15.5 Å². The lowest BCUT2D eigenvalue weighted by atomic mass is 9.83. The monoisotopic (exact) mass is 235 g/mol. The summed E-state index contributed by atoms with van der Waals surface area (Å²) in [6, 6.07) is 1.79. The average Bonchev–Trinajstić information content (AvgIpc) is 2.29. The number of hydrogen-bond acceptors (Lipinski definition) is 3. The quantitative estimate of drug-likeness (QED) is 0.749. The van der Waals surface area contributed by atoms with Crippen molar-refractivity contribution in [3.8, 4) is 5.75 Å². The minimum Gasteiger partial charge on any atom is -0.508 e. The highest BCUT2D eigenvalue weighted by molar-refractivity contribution is 5.51. The van der Waals surface area contributed by atoms with Crippen LogP contribution in [0.15, 0.2) is 6.07 Å². The van der Waals surface area contributed by atoms with Gasteiger partial charge in [0.15, 0.2) is 0 Å². The van der Waals surface area contributed by atoms with Gasteiger partial charge in [0.05, 0.1) is 6.10 Å². The summed E-state index contributed by atoms with van der Waals surface area (Å²) < 4.78 is 0. The molecule has 0 heterocycles. The number of rotatable bonds is 3. The molecule has 1 aliphatic carbocycles. The van der Waals surface area contributed by atoms with E-state index in [9.17, 15) is 10.2 Å². The molecule has 0 spiro atoms. The molecule has 0 bridgehead atoms. The smallest absolute Gasteiger partial charge is 0.121 e. The summed E-state index contributed by atoms with van der Waals surface area (Å²) in [6.45, 7) is 2.52. The molecule has 0 amide bonds. The van der Waals surface area contributed by atoms with Gasteiger partial charge in [-0.1, -0.05) is 0 Å². The summed E-state index contributed by atoms with van der Waals surface area (Å²) in [5.41, 5.74) is 4.40. The Balaban J connectivity index is 2.49. The van der Waals surface area contributed by atoms with Crippen LogP contribution in [-0.4, -0.2) is 23.8 Å². The number of phenolic OH excluding ortho intramolecular Hbond substituents is 1. The van der Waals surface area contributed by atoms with E-state index in [1.807, 2.05) is 6.92 Å². The number of likely N-dealkylation sites (N-methyl/N-ethyl adjacent to an activating group) is 1. The van der Waals surface area contributed by atoms with E-state index in [1.165, 1.54) is 17.5 Å². The number of aryl methyl sites for hydroxylation is 1. The molecule has 0 saturated carbocycles. The number of nitrogens with one attached hydrogen (secondary N) is 1. The van der Waals surface area contributed by atoms with Gasteiger partial charge in [-0.15, -0.1) is 0 Å². The number of hydrogen-bond donors (Lipinski definition) is 3. The Morgan fingerprint density at radius 3 is 2.59 bits per heavy atom. The largest absolute Gasteiger partial charge is 0.508 e. The van der Waals surface area contributed by atoms with Crippen molar-refractivity contribution in [1.29, 1.82) is 0 Å². The second kappa shape index (κ2) is 5.07. The van der Waals surface area contributed by atoms with Crippen LogP contribution in [0.1, 0.15) is 41.2 Å². The Morgan fingerprint density at radius 2 is 1.94 bits per heavy atom. The number of aliphatic hydroxyl groups is 1. The lowest BCUT2D eigenvalue weighted by molar-refractivity contribution is 0.172. The minimum absolute atomic E-state index is 0.242. The number of benzene rings is 1. The zero-order chi connectivity index (χ0) is 12.4. The zero-order valence-corrected chi connectivity index (χ0v) is 10.6. The van der Waals surface area contributed by atoms with Crippen molar-refractivity contribution in [2.75, 3.05) is 13.6 Å². The highest BCUT2D eigenvalue weighted by atomic mass is 16.3. The molecule has 3 N–H and O–H groups in total. The number of aliphatic hydroxyl groups excluding tert-OH is 1. The Morgan fingerprint density at radius 1 is 1.29 bits per heavy atom. The lowest BCUT2D eigenvalue weighted by Gasteiger charge is -2.25. The van der Waals surface area contributed by atoms with Crippen molar-refractivity contribution >= 4 is 0 Å². The van der Waals surface area contributed by atoms with Crippen LogP contribution in [0.2, 0.25) is 0 Å². The molecule has 0 radical (unpaired) electrons. The Bertz CT molecular complexity index is 415. The standard InChI is InChI=1S/C14H21NO2/c1-9-7-12(16)14(13(17)8-15-2)11-6-4-3-5-10(9)11/h7,13,15-17H,3-6,8H2,1-2H3. The van der Waals surface area contributed by atoms with Crippen LogP contribution in [0.5, 0.6) is 5.75 Å². The normalized spacial score (nSPS) is 16.6. The third-order valence-electron chi connectivity index (χ3n) is 3.63. The van der Waals surface area contributed by atoms with Gasteiger partial charge in [0, 0.05) is 12.1 Å². The van der Waals surface area contributed by atoms with E-state index < -0.39 is 6.10 Å². The minimum atomic E-state index is -0.618. The predicted molar refractivity (Wildman–Crippen MR) is 68.4 cm³/mol. The molecule has 1 aromatic carbocycles. The first-order chi connectivity index (χ1) is 8.15. The van der Waals surface area contributed by atoms with Gasteiger partial charge >= 0.3 is 0 Å². The molecular formula is C14H21NO2. The van der Waals surface area contributed by atoms with E-state index >= 15 is 0 Å². The third-order valence-corrected chi connectivity index (χ3v) is 3.63. The van der Waals surface area contributed by atoms with Crippen LogP contribution in [0, 0.1) is 6.92 Å². The molecule has 0 aliphatic heterocycles. The van der Waals surface area contributed by atoms with Crippen molar-refractivity contribution < 1.29 is 10.2 Å². The summed E-state index contributed by atoms with van der Waals surface area (Å²) in [5.74, 6) is 0.242. The third kappa shape index (κ3) is 2.31. The zero-order valence-electron chi connectivity index (χ0n) is 10.6. The number of aromatic hydroxyl groups is 1. The Hall–Kier alpha value is -1.06. The maximum absolute atomic E-state index is 10.1. The average molecular weight is 235 g/mol. The first-order valence-corrected chi connectivity index (χ1v) is 6.32. The van der Waals surface area contributed by atoms with Gasteiger partial charge in [-0.05, 0) is 62.4 Å². The summed E-state index contributed by atoms with van der Waals surface area (Å²) in [4.78, 5) is 0. The first kappa shape index (κ1) is 12.4. The molecule has 1 aliphatic rings. The second-order valence-electron chi connectivity index (χ2n) is 4.86. The molecule has 0 aromatic heterocycles. The van der Waals surface area contributed by atoms with E-state index in [4.69, 9.17) is 0 Å². The van der Waals surface area contributed by atoms with Crippen molar-refractivity contribution in [2.45, 2.75) is 38.7 Å². The molecule has 2 rings (SSSR count). The van der Waals surface area contributed by atoms with Gasteiger partial charge in [0.2, 0.25) is 0 Å². The van der Waals surface area contributed by atoms with Crippen LogP contribution in [-0.2, 0) is 12.8 Å². The predicted octanol–water partition coefficient (Wildman–Crippen LogP) is 1.83. The van der Waals surface area contributed by atoms with E-state index in [2.05, 4.69) is 5.32 Å². The molecule has 1 unspecified atom stereocenters. The highest BCUT2D eigenvalue weighted by Crippen LogP contribution is 2.36. The highest BCUT2D eigenvalue weighted by Gasteiger charge is 2.22. The van der Waals surface area contributed by atoms with Crippen LogP contribution in [0.4, 0.5) is 0 Å². The fourth-order valence-corrected chi connectivity index (χ4v) is 2.83. The molecule has 94 valence electrons. The van der Waals surface area contributed by atoms with Crippen molar-refractivity contribution in [2.24, 2.45) is 0 Å². The lowest BCUT2D eigenvalue weighted by Crippen LogP contribution is -2.20.